The summed E-state index contributed by atoms with van der Waals surface area (Å²) in [6.45, 7) is 22.2. The smallest absolute Gasteiger partial charge is 0.339 e. The molecule has 2 aliphatic carbocycles. The first kappa shape index (κ1) is 54.1. The molecule has 0 radical (unpaired) electrons. The van der Waals surface area contributed by atoms with Crippen LogP contribution < -0.4 is 17.8 Å². The third-order valence-corrected chi connectivity index (χ3v) is 13.7. The molecule has 0 fully saturated rings. The molecule has 0 bridgehead atoms. The molecule has 360 valence electrons. The van der Waals surface area contributed by atoms with Gasteiger partial charge < -0.3 is 28.1 Å². The fourth-order valence-corrected chi connectivity index (χ4v) is 9.82. The van der Waals surface area contributed by atoms with Crippen LogP contribution in [0.1, 0.15) is 101 Å². The van der Waals surface area contributed by atoms with Crippen molar-refractivity contribution in [2.45, 2.75) is 103 Å². The number of benzene rings is 4. The Bertz CT molecular complexity index is 2700. The molecule has 0 heterocycles. The number of alkyl halides is 2. The molecule has 2 aliphatic rings. The van der Waals surface area contributed by atoms with E-state index in [1.807, 2.05) is 53.7 Å². The van der Waals surface area contributed by atoms with Gasteiger partial charge in [0.05, 0.1) is 5.34 Å². The zero-order valence-corrected chi connectivity index (χ0v) is 42.0. The second-order valence-corrected chi connectivity index (χ2v) is 20.7. The second kappa shape index (κ2) is 23.5. The largest absolute Gasteiger partial charge is 0.507 e. The van der Waals surface area contributed by atoms with Crippen molar-refractivity contribution in [2.24, 2.45) is 11.8 Å². The number of carbonyl (C=O) groups excluding carboxylic acids is 2. The summed E-state index contributed by atoms with van der Waals surface area (Å²) in [5, 5.41) is 21.4. The maximum Gasteiger partial charge on any atom is 0.339 e. The van der Waals surface area contributed by atoms with E-state index in [0.717, 1.165) is 53.5 Å². The van der Waals surface area contributed by atoms with E-state index >= 15 is 0 Å². The van der Waals surface area contributed by atoms with E-state index in [0.29, 0.717) is 11.1 Å². The summed E-state index contributed by atoms with van der Waals surface area (Å²) < 4.78 is 72.3. The molecule has 0 saturated heterocycles. The number of hydrogen-bond acceptors (Lipinski definition) is 12. The van der Waals surface area contributed by atoms with Crippen LogP contribution in [0.2, 0.25) is 0 Å². The average Bonchev–Trinajstić information content (AvgIpc) is 3.20. The number of aromatic hydroxyl groups is 2. The highest BCUT2D eigenvalue weighted by atomic mass is 35.5. The molecule has 6 rings (SSSR count). The van der Waals surface area contributed by atoms with E-state index in [1.165, 1.54) is 68.0 Å². The first-order valence-corrected chi connectivity index (χ1v) is 25.2. The van der Waals surface area contributed by atoms with Crippen molar-refractivity contribution in [2.75, 3.05) is 5.34 Å². The number of phenols is 2. The molecule has 0 unspecified atom stereocenters. The van der Waals surface area contributed by atoms with Crippen molar-refractivity contribution < 1.29 is 54.5 Å². The zero-order valence-electron chi connectivity index (χ0n) is 38.9. The maximum absolute atomic E-state index is 12.9. The van der Waals surface area contributed by atoms with E-state index in [2.05, 4.69) is 13.2 Å². The Morgan fingerprint density at radius 1 is 0.597 bits per heavy atom. The lowest BCUT2D eigenvalue weighted by molar-refractivity contribution is -0.132. The van der Waals surface area contributed by atoms with Gasteiger partial charge in [-0.2, -0.15) is 16.8 Å². The Labute approximate surface area is 404 Å². The van der Waals surface area contributed by atoms with E-state index in [1.54, 1.807) is 24.3 Å². The minimum absolute atomic E-state index is 0.000610. The van der Waals surface area contributed by atoms with Crippen LogP contribution in [0.3, 0.4) is 0 Å². The number of aryl methyl sites for hydroxylation is 2. The van der Waals surface area contributed by atoms with Gasteiger partial charge in [-0.05, 0) is 103 Å². The second-order valence-electron chi connectivity index (χ2n) is 16.8. The van der Waals surface area contributed by atoms with Gasteiger partial charge in [0.25, 0.3) is 0 Å². The van der Waals surface area contributed by atoms with Crippen molar-refractivity contribution in [1.82, 2.24) is 0 Å². The van der Waals surface area contributed by atoms with Crippen LogP contribution in [-0.2, 0) is 29.8 Å². The van der Waals surface area contributed by atoms with Gasteiger partial charge in [-0.15, -0.1) is 23.2 Å². The van der Waals surface area contributed by atoms with Gasteiger partial charge in [-0.25, -0.2) is 0 Å². The van der Waals surface area contributed by atoms with Gasteiger partial charge in [-0.1, -0.05) is 83.0 Å². The molecule has 0 aliphatic heterocycles. The number of allylic oxidation sites excluding steroid dienone is 6. The molecule has 0 spiro atoms. The Hall–Kier alpha value is -5.54. The van der Waals surface area contributed by atoms with Gasteiger partial charge in [0.1, 0.15) is 44.3 Å². The third kappa shape index (κ3) is 14.7. The highest BCUT2D eigenvalue weighted by Crippen LogP contribution is 2.50. The van der Waals surface area contributed by atoms with E-state index in [9.17, 15) is 36.6 Å². The number of halogens is 2. The van der Waals surface area contributed by atoms with Gasteiger partial charge in [0.2, 0.25) is 0 Å². The summed E-state index contributed by atoms with van der Waals surface area (Å²) in [5.41, 5.74) is 6.85. The average molecular weight is 998 g/mol. The molecule has 4 atom stereocenters. The SMILES string of the molecule is C=C(C)[C@@H]1CCC(C)=C[C@H]1c1c(O)cc(OS(=O)(=O)c2ccc(C)cc2)cc1O.C=C(C)[C@@H]1CCC(C)=C[C@H]1c1c(OC(C)=O)cc(OS(=O)(=O)c2ccc(C)cc2)cc1OC(C)=O.ClCCl. The Balaban J connectivity index is 0.000000280. The minimum atomic E-state index is -4.20. The molecule has 12 nitrogen and oxygen atoms in total. The predicted molar refractivity (Wildman–Crippen MR) is 261 cm³/mol. The van der Waals surface area contributed by atoms with Crippen molar-refractivity contribution in [3.05, 3.63) is 143 Å². The van der Waals surface area contributed by atoms with Gasteiger partial charge in [0, 0.05) is 61.1 Å². The minimum Gasteiger partial charge on any atom is -0.507 e. The predicted octanol–water partition coefficient (Wildman–Crippen LogP) is 12.2. The molecule has 4 aromatic rings. The lowest BCUT2D eigenvalue weighted by Crippen LogP contribution is -2.20. The number of rotatable bonds is 12. The van der Waals surface area contributed by atoms with Crippen molar-refractivity contribution in [3.63, 3.8) is 0 Å². The number of ether oxygens (including phenoxy) is 2. The molecular weight excluding hydrogens is 940 g/mol. The molecule has 4 aromatic carbocycles. The number of esters is 2. The van der Waals surface area contributed by atoms with Crippen LogP contribution >= 0.6 is 23.2 Å². The summed E-state index contributed by atoms with van der Waals surface area (Å²) in [5.74, 6) is -2.25. The van der Waals surface area contributed by atoms with Crippen molar-refractivity contribution >= 4 is 55.4 Å². The highest BCUT2D eigenvalue weighted by molar-refractivity contribution is 7.87. The summed E-state index contributed by atoms with van der Waals surface area (Å²) in [4.78, 5) is 23.9. The van der Waals surface area contributed by atoms with Crippen LogP contribution in [0.25, 0.3) is 0 Å². The molecule has 2 N–H and O–H groups in total. The number of phenolic OH excluding ortho intramolecular Hbond substituents is 2. The Morgan fingerprint density at radius 3 is 1.25 bits per heavy atom. The van der Waals surface area contributed by atoms with E-state index in [-0.39, 0.29) is 73.3 Å². The molecule has 67 heavy (non-hydrogen) atoms. The van der Waals surface area contributed by atoms with E-state index < -0.39 is 32.2 Å². The third-order valence-electron chi connectivity index (χ3n) is 11.2. The van der Waals surface area contributed by atoms with Gasteiger partial charge in [0.15, 0.2) is 0 Å². The fourth-order valence-electron chi connectivity index (χ4n) is 7.99. The molecule has 16 heteroatoms. The number of carbonyl (C=O) groups is 2. The van der Waals surface area contributed by atoms with Crippen LogP contribution in [0.5, 0.6) is 34.5 Å². The Kier molecular flexibility index (Phi) is 18.9. The summed E-state index contributed by atoms with van der Waals surface area (Å²) in [6, 6.07) is 17.6. The maximum atomic E-state index is 12.9. The quantitative estimate of drug-likeness (QED) is 0.0451. The van der Waals surface area contributed by atoms with Gasteiger partial charge in [-0.3, -0.25) is 9.59 Å². The normalized spacial score (nSPS) is 18.0. The van der Waals surface area contributed by atoms with Crippen LogP contribution in [-0.4, -0.2) is 44.3 Å². The van der Waals surface area contributed by atoms with Crippen LogP contribution in [0.4, 0.5) is 0 Å². The number of hydrogen-bond donors (Lipinski definition) is 2. The van der Waals surface area contributed by atoms with Crippen molar-refractivity contribution in [1.29, 1.82) is 0 Å². The van der Waals surface area contributed by atoms with Crippen molar-refractivity contribution in [3.8, 4) is 34.5 Å². The molecule has 0 saturated carbocycles. The molecule has 0 aromatic heterocycles. The topological polar surface area (TPSA) is 180 Å². The Morgan fingerprint density at radius 2 is 0.925 bits per heavy atom. The van der Waals surface area contributed by atoms with Gasteiger partial charge >= 0.3 is 32.2 Å². The van der Waals surface area contributed by atoms with Crippen LogP contribution in [0, 0.1) is 25.7 Å². The first-order valence-electron chi connectivity index (χ1n) is 21.3. The zero-order chi connectivity index (χ0) is 50.0. The molecule has 0 amide bonds. The van der Waals surface area contributed by atoms with E-state index in [4.69, 9.17) is 41.0 Å². The molecular formula is C51H58Cl2O12S2. The standard InChI is InChI=1S/C27H30O7S.C23H26O5S.CH2Cl2/c1-16(2)23-12-9-18(4)13-24(23)27-25(32-19(5)28)14-21(15-26(27)33-20(6)29)34-35(30,31)22-10-7-17(3)8-11-22;1-14(2)19-10-7-16(4)11-20(19)23-21(24)12-17(13-22(23)25)28-29(26,27)18-8-5-15(3)6-9-18;2-1-3/h7-8,10-11,13-15,23-24H,1,9,12H2,2-6H3;5-6,8-9,11-13,19-20,24-25H,1,7,10H2,2-4H3;1H2/t23-,24+;19-,20+;/m00./s1. The van der Waals surface area contributed by atoms with Crippen LogP contribution in [0.15, 0.2) is 130 Å². The summed E-state index contributed by atoms with van der Waals surface area (Å²) in [6.07, 6.45) is 7.59. The first-order chi connectivity index (χ1) is 31.4. The summed E-state index contributed by atoms with van der Waals surface area (Å²) in [7, 11) is -8.28. The monoisotopic (exact) mass is 996 g/mol. The highest BCUT2D eigenvalue weighted by Gasteiger charge is 2.34. The lowest BCUT2D eigenvalue weighted by atomic mass is 9.74. The summed E-state index contributed by atoms with van der Waals surface area (Å²) >= 11 is 9.53. The fraction of sp³-hybridized carbons (Fsp3) is 0.333. The lowest BCUT2D eigenvalue weighted by Gasteiger charge is -2.32.